The second-order valence-electron chi connectivity index (χ2n) is 8.39. The highest BCUT2D eigenvalue weighted by Gasteiger charge is 2.45. The Kier molecular flexibility index (Phi) is 6.10. The number of fused-ring (bicyclic) bond motifs is 1. The van der Waals surface area contributed by atoms with Gasteiger partial charge in [-0.2, -0.15) is 0 Å². The zero-order valence-electron chi connectivity index (χ0n) is 18.2. The van der Waals surface area contributed by atoms with Crippen molar-refractivity contribution in [2.24, 2.45) is 10.9 Å². The Morgan fingerprint density at radius 2 is 2.06 bits per heavy atom. The number of carbonyl (C=O) groups excluding carboxylic acids is 2. The van der Waals surface area contributed by atoms with E-state index in [2.05, 4.69) is 20.9 Å². The van der Waals surface area contributed by atoms with Crippen molar-refractivity contribution in [3.05, 3.63) is 45.6 Å². The molecule has 1 aromatic carbocycles. The van der Waals surface area contributed by atoms with Crippen LogP contribution in [0.15, 0.2) is 35.3 Å². The number of guanidine groups is 1. The molecule has 3 heterocycles. The van der Waals surface area contributed by atoms with Crippen LogP contribution in [0.4, 0.5) is 0 Å². The first-order valence-corrected chi connectivity index (χ1v) is 11.9. The topological polar surface area (TPSA) is 138 Å². The van der Waals surface area contributed by atoms with Crippen LogP contribution in [-0.4, -0.2) is 48.7 Å². The minimum atomic E-state index is -1.03. The summed E-state index contributed by atoms with van der Waals surface area (Å²) in [6.45, 7) is 1.61. The summed E-state index contributed by atoms with van der Waals surface area (Å²) in [6, 6.07) is 7.96. The van der Waals surface area contributed by atoms with Gasteiger partial charge in [-0.25, -0.2) is 0 Å². The van der Waals surface area contributed by atoms with Crippen molar-refractivity contribution in [2.45, 2.75) is 31.2 Å². The number of benzene rings is 1. The summed E-state index contributed by atoms with van der Waals surface area (Å²) in [6.07, 6.45) is 1.40. The van der Waals surface area contributed by atoms with Crippen molar-refractivity contribution >= 4 is 35.1 Å². The smallest absolute Gasteiger partial charge is 0.305 e. The number of thiophene rings is 1. The maximum absolute atomic E-state index is 12.9. The summed E-state index contributed by atoms with van der Waals surface area (Å²) in [7, 11) is 0. The summed E-state index contributed by atoms with van der Waals surface area (Å²) in [4.78, 5) is 42.5. The molecule has 10 nitrogen and oxygen atoms in total. The van der Waals surface area contributed by atoms with E-state index in [1.807, 2.05) is 6.07 Å². The lowest BCUT2D eigenvalue weighted by Gasteiger charge is -2.17. The summed E-state index contributed by atoms with van der Waals surface area (Å²) in [5.74, 6) is 0.104. The Bertz CT molecular complexity index is 1160. The number of nitrogens with zero attached hydrogens (tertiary/aromatic N) is 1. The zero-order chi connectivity index (χ0) is 23.7. The Morgan fingerprint density at radius 3 is 2.85 bits per heavy atom. The van der Waals surface area contributed by atoms with Crippen LogP contribution >= 0.6 is 11.3 Å². The van der Waals surface area contributed by atoms with E-state index >= 15 is 0 Å². The largest absolute Gasteiger partial charge is 0.481 e. The molecule has 1 saturated carbocycles. The number of amides is 2. The number of aliphatic carboxylic acids is 1. The average Bonchev–Trinajstić information content (AvgIpc) is 3.24. The predicted octanol–water partition coefficient (Wildman–Crippen LogP) is 1.99. The number of hydrogen-bond acceptors (Lipinski definition) is 8. The fourth-order valence-electron chi connectivity index (χ4n) is 4.09. The van der Waals surface area contributed by atoms with E-state index < -0.39 is 12.0 Å². The number of carbonyl (C=O) groups is 3. The van der Waals surface area contributed by atoms with E-state index in [4.69, 9.17) is 9.47 Å². The highest BCUT2D eigenvalue weighted by molar-refractivity contribution is 7.14. The van der Waals surface area contributed by atoms with Crippen molar-refractivity contribution in [3.63, 3.8) is 0 Å². The molecule has 178 valence electrons. The van der Waals surface area contributed by atoms with Crippen LogP contribution in [0.2, 0.25) is 0 Å². The first-order valence-electron chi connectivity index (χ1n) is 11.1. The molecule has 2 amide bonds. The average molecular weight is 485 g/mol. The molecular weight excluding hydrogens is 460 g/mol. The molecular formula is C23H24N4O6S. The number of aliphatic imine (C=N–C) groups is 1. The fraction of sp³-hybridized carbons (Fsp3) is 0.391. The second-order valence-corrected chi connectivity index (χ2v) is 9.50. The lowest BCUT2D eigenvalue weighted by Crippen LogP contribution is -2.44. The van der Waals surface area contributed by atoms with Crippen molar-refractivity contribution < 1.29 is 29.0 Å². The van der Waals surface area contributed by atoms with Crippen LogP contribution in [-0.2, 0) is 9.59 Å². The van der Waals surface area contributed by atoms with Crippen LogP contribution in [0.1, 0.15) is 51.3 Å². The molecule has 2 aliphatic heterocycles. The Balaban J connectivity index is 1.22. The van der Waals surface area contributed by atoms with Gasteiger partial charge in [-0.1, -0.05) is 6.07 Å². The molecule has 1 aromatic heterocycles. The van der Waals surface area contributed by atoms with Gasteiger partial charge in [-0.05, 0) is 42.7 Å². The van der Waals surface area contributed by atoms with E-state index in [1.54, 1.807) is 24.3 Å². The Labute approximate surface area is 199 Å². The molecule has 4 N–H and O–H groups in total. The van der Waals surface area contributed by atoms with Crippen molar-refractivity contribution in [1.29, 1.82) is 0 Å². The number of nitrogens with one attached hydrogen (secondary N) is 3. The predicted molar refractivity (Wildman–Crippen MR) is 123 cm³/mol. The van der Waals surface area contributed by atoms with E-state index in [-0.39, 0.29) is 36.9 Å². The first-order chi connectivity index (χ1) is 16.5. The molecule has 3 aliphatic rings. The quantitative estimate of drug-likeness (QED) is 0.471. The van der Waals surface area contributed by atoms with Gasteiger partial charge in [0, 0.05) is 29.8 Å². The fourth-order valence-corrected chi connectivity index (χ4v) is 5.17. The van der Waals surface area contributed by atoms with Gasteiger partial charge in [0.25, 0.3) is 5.91 Å². The Morgan fingerprint density at radius 1 is 1.21 bits per heavy atom. The highest BCUT2D eigenvalue weighted by Crippen LogP contribution is 2.49. The van der Waals surface area contributed by atoms with E-state index in [1.165, 1.54) is 11.3 Å². The van der Waals surface area contributed by atoms with Crippen molar-refractivity contribution in [1.82, 2.24) is 16.0 Å². The molecule has 1 aliphatic carbocycles. The molecule has 0 unspecified atom stereocenters. The molecule has 2 aromatic rings. The maximum atomic E-state index is 12.9. The number of carboxylic acids is 1. The summed E-state index contributed by atoms with van der Waals surface area (Å²) < 4.78 is 10.7. The summed E-state index contributed by atoms with van der Waals surface area (Å²) in [5, 5.41) is 18.1. The van der Waals surface area contributed by atoms with Gasteiger partial charge < -0.3 is 25.2 Å². The number of ether oxygens (including phenoxy) is 2. The summed E-state index contributed by atoms with van der Waals surface area (Å²) >= 11 is 1.32. The van der Waals surface area contributed by atoms with Crippen LogP contribution in [0.25, 0.3) is 0 Å². The SMILES string of the molecule is O=C(O)C[C@H](NC(=O)c1ccc([C@H]2C[C@H]2C(=O)NC2=NCCCN2)s1)c1ccc2c(c1)OCO2. The van der Waals surface area contributed by atoms with Crippen LogP contribution < -0.4 is 25.4 Å². The van der Waals surface area contributed by atoms with E-state index in [9.17, 15) is 19.5 Å². The minimum Gasteiger partial charge on any atom is -0.481 e. The van der Waals surface area contributed by atoms with Gasteiger partial charge >= 0.3 is 5.97 Å². The van der Waals surface area contributed by atoms with Gasteiger partial charge in [0.15, 0.2) is 17.5 Å². The van der Waals surface area contributed by atoms with Crippen LogP contribution in [0.3, 0.4) is 0 Å². The summed E-state index contributed by atoms with van der Waals surface area (Å²) in [5.41, 5.74) is 0.620. The molecule has 34 heavy (non-hydrogen) atoms. The zero-order valence-corrected chi connectivity index (χ0v) is 19.0. The second kappa shape index (κ2) is 9.34. The highest BCUT2D eigenvalue weighted by atomic mass is 32.1. The van der Waals surface area contributed by atoms with Gasteiger partial charge in [-0.3, -0.25) is 24.7 Å². The lowest BCUT2D eigenvalue weighted by molar-refractivity contribution is -0.137. The molecule has 5 rings (SSSR count). The van der Waals surface area contributed by atoms with Crippen molar-refractivity contribution in [3.8, 4) is 11.5 Å². The van der Waals surface area contributed by atoms with Crippen molar-refractivity contribution in [2.75, 3.05) is 19.9 Å². The monoisotopic (exact) mass is 484 g/mol. The molecule has 0 saturated heterocycles. The molecule has 3 atom stereocenters. The molecule has 0 radical (unpaired) electrons. The third kappa shape index (κ3) is 4.84. The lowest BCUT2D eigenvalue weighted by atomic mass is 10.0. The molecule has 0 bridgehead atoms. The van der Waals surface area contributed by atoms with Crippen LogP contribution in [0, 0.1) is 5.92 Å². The number of hydrogen-bond donors (Lipinski definition) is 4. The number of rotatable bonds is 7. The molecule has 0 spiro atoms. The molecule has 1 fully saturated rings. The first kappa shape index (κ1) is 22.2. The van der Waals surface area contributed by atoms with Crippen LogP contribution in [0.5, 0.6) is 11.5 Å². The minimum absolute atomic E-state index is 0.0677. The Hall–Kier alpha value is -3.60. The van der Waals surface area contributed by atoms with Gasteiger partial charge in [0.05, 0.1) is 17.3 Å². The van der Waals surface area contributed by atoms with Gasteiger partial charge in [-0.15, -0.1) is 11.3 Å². The third-order valence-corrected chi connectivity index (χ3v) is 7.18. The third-order valence-electron chi connectivity index (χ3n) is 5.97. The van der Waals surface area contributed by atoms with E-state index in [0.717, 1.165) is 24.3 Å². The van der Waals surface area contributed by atoms with Gasteiger partial charge in [0.1, 0.15) is 0 Å². The van der Waals surface area contributed by atoms with E-state index in [0.29, 0.717) is 34.4 Å². The molecule has 11 heteroatoms. The standard InChI is InChI=1S/C23H24N4O6S/c28-20(29)10-15(12-2-3-16-17(8-12)33-11-32-16)26-22(31)19-5-4-18(34-19)13-9-14(13)21(30)27-23-24-6-1-7-25-23/h2-5,8,13-15H,1,6-7,9-11H2,(H,26,31)(H,28,29)(H2,24,25,27,30)/t13-,14+,15-/m0/s1. The van der Waals surface area contributed by atoms with Gasteiger partial charge in [0.2, 0.25) is 12.7 Å². The maximum Gasteiger partial charge on any atom is 0.305 e. The normalized spacial score (nSPS) is 21.1. The number of carboxylic acid groups (broad SMARTS) is 1.